The van der Waals surface area contributed by atoms with E-state index in [1.54, 1.807) is 27.7 Å². The van der Waals surface area contributed by atoms with Crippen LogP contribution in [0.4, 0.5) is 9.59 Å². The van der Waals surface area contributed by atoms with Crippen LogP contribution in [-0.4, -0.2) is 53.2 Å². The fourth-order valence-corrected chi connectivity index (χ4v) is 5.22. The zero-order valence-electron chi connectivity index (χ0n) is 26.4. The van der Waals surface area contributed by atoms with Gasteiger partial charge in [-0.05, 0) is 64.2 Å². The Labute approximate surface area is 254 Å². The topological polar surface area (TPSA) is 161 Å². The summed E-state index contributed by atoms with van der Waals surface area (Å²) in [6, 6.07) is 4.27. The van der Waals surface area contributed by atoms with Gasteiger partial charge in [-0.2, -0.15) is 0 Å². The molecule has 0 bridgehead atoms. The Morgan fingerprint density at radius 2 is 1.40 bits per heavy atom. The first kappa shape index (κ1) is 35.9. The molecule has 1 aromatic rings. The number of carboxylic acids is 1. The lowest BCUT2D eigenvalue weighted by Gasteiger charge is -2.35. The first-order valence-electron chi connectivity index (χ1n) is 15.4. The van der Waals surface area contributed by atoms with Gasteiger partial charge in [-0.25, -0.2) is 9.59 Å². The second kappa shape index (κ2) is 17.1. The normalized spacial score (nSPS) is 17.8. The molecule has 5 atom stereocenters. The zero-order valence-corrected chi connectivity index (χ0v) is 26.4. The van der Waals surface area contributed by atoms with Crippen molar-refractivity contribution in [1.29, 1.82) is 0 Å². The smallest absolute Gasteiger partial charge is 0.480 e. The predicted molar refractivity (Wildman–Crippen MR) is 159 cm³/mol. The summed E-state index contributed by atoms with van der Waals surface area (Å²) in [6.07, 6.45) is 3.63. The second-order valence-electron chi connectivity index (χ2n) is 11.7. The molecule has 0 aromatic heterocycles. The number of rotatable bonds is 15. The Morgan fingerprint density at radius 3 is 1.91 bits per heavy atom. The standard InChI is InChI=1S/C32H49NO10/c1-7-12-20(3)39-30(37)42-26-17-16-24(18-27(26)43-31(38)40-21(4)13-8-2)19-32(33,29(35)36)22(5)23(6)41-28(34)25-14-10-9-11-15-25/h16-18,20-23,25H,7-15,19,33H2,1-6H3,(H,35,36)/t20?,21?,22-,23+,32-/m1/s1. The number of carbonyl (C=O) groups is 4. The Hall–Kier alpha value is -3.34. The van der Waals surface area contributed by atoms with E-state index in [4.69, 9.17) is 29.4 Å². The minimum atomic E-state index is -1.85. The number of esters is 1. The molecular formula is C32H49NO10. The first-order valence-corrected chi connectivity index (χ1v) is 15.4. The SMILES string of the molecule is CCCC(C)OC(=O)Oc1ccc(C[C@](N)(C(=O)O)[C@H](C)[C@H](C)OC(=O)C2CCCCC2)cc1OC(=O)OC(C)CCC. The van der Waals surface area contributed by atoms with Gasteiger partial charge >= 0.3 is 24.2 Å². The van der Waals surface area contributed by atoms with Crippen LogP contribution in [0.3, 0.4) is 0 Å². The average Bonchev–Trinajstić information content (AvgIpc) is 2.94. The van der Waals surface area contributed by atoms with Crippen LogP contribution in [0.25, 0.3) is 0 Å². The van der Waals surface area contributed by atoms with E-state index in [1.807, 2.05) is 13.8 Å². The van der Waals surface area contributed by atoms with E-state index < -0.39 is 41.9 Å². The number of hydrogen-bond acceptors (Lipinski definition) is 10. The van der Waals surface area contributed by atoms with Gasteiger partial charge in [-0.3, -0.25) is 9.59 Å². The van der Waals surface area contributed by atoms with Crippen molar-refractivity contribution in [3.05, 3.63) is 23.8 Å². The summed E-state index contributed by atoms with van der Waals surface area (Å²) in [5, 5.41) is 10.2. The summed E-state index contributed by atoms with van der Waals surface area (Å²) in [5.74, 6) is -2.87. The molecule has 11 nitrogen and oxygen atoms in total. The van der Waals surface area contributed by atoms with Crippen LogP contribution in [0.15, 0.2) is 18.2 Å². The van der Waals surface area contributed by atoms with Gasteiger partial charge in [0.25, 0.3) is 0 Å². The van der Waals surface area contributed by atoms with Crippen molar-refractivity contribution >= 4 is 24.2 Å². The van der Waals surface area contributed by atoms with Crippen LogP contribution in [0.1, 0.15) is 105 Å². The molecule has 242 valence electrons. The van der Waals surface area contributed by atoms with Crippen LogP contribution >= 0.6 is 0 Å². The number of carboxylic acid groups (broad SMARTS) is 1. The van der Waals surface area contributed by atoms with Crippen LogP contribution in [0.2, 0.25) is 0 Å². The highest BCUT2D eigenvalue weighted by molar-refractivity contribution is 5.80. The number of benzene rings is 1. The molecule has 11 heteroatoms. The molecule has 1 saturated carbocycles. The number of aliphatic carboxylic acids is 1. The lowest BCUT2D eigenvalue weighted by Crippen LogP contribution is -2.58. The van der Waals surface area contributed by atoms with Crippen molar-refractivity contribution in [3.8, 4) is 11.5 Å². The predicted octanol–water partition coefficient (Wildman–Crippen LogP) is 6.57. The lowest BCUT2D eigenvalue weighted by molar-refractivity contribution is -0.162. The molecule has 1 aliphatic rings. The van der Waals surface area contributed by atoms with Gasteiger partial charge in [-0.1, -0.05) is 58.9 Å². The van der Waals surface area contributed by atoms with Crippen molar-refractivity contribution in [2.75, 3.05) is 0 Å². The Kier molecular flexibility index (Phi) is 14.2. The molecule has 2 rings (SSSR count). The van der Waals surface area contributed by atoms with Crippen LogP contribution in [0, 0.1) is 11.8 Å². The third-order valence-electron chi connectivity index (χ3n) is 8.03. The van der Waals surface area contributed by atoms with E-state index in [0.717, 1.165) is 44.9 Å². The molecule has 3 N–H and O–H groups in total. The van der Waals surface area contributed by atoms with E-state index >= 15 is 0 Å². The quantitative estimate of drug-likeness (QED) is 0.126. The number of hydrogen-bond donors (Lipinski definition) is 2. The highest BCUT2D eigenvalue weighted by Gasteiger charge is 2.44. The minimum Gasteiger partial charge on any atom is -0.480 e. The van der Waals surface area contributed by atoms with Gasteiger partial charge in [0.05, 0.1) is 5.92 Å². The van der Waals surface area contributed by atoms with Crippen molar-refractivity contribution in [2.24, 2.45) is 17.6 Å². The van der Waals surface area contributed by atoms with Crippen molar-refractivity contribution < 1.29 is 48.0 Å². The lowest BCUT2D eigenvalue weighted by atomic mass is 9.78. The highest BCUT2D eigenvalue weighted by Crippen LogP contribution is 2.34. The Morgan fingerprint density at radius 1 is 0.860 bits per heavy atom. The average molecular weight is 608 g/mol. The molecule has 0 spiro atoms. The van der Waals surface area contributed by atoms with Crippen molar-refractivity contribution in [1.82, 2.24) is 0 Å². The number of ether oxygens (including phenoxy) is 5. The second-order valence-corrected chi connectivity index (χ2v) is 11.7. The van der Waals surface area contributed by atoms with Gasteiger partial charge in [0.1, 0.15) is 23.9 Å². The molecule has 1 aromatic carbocycles. The third kappa shape index (κ3) is 11.0. The maximum atomic E-state index is 12.7. The van der Waals surface area contributed by atoms with Gasteiger partial charge in [0, 0.05) is 12.3 Å². The summed E-state index contributed by atoms with van der Waals surface area (Å²) in [7, 11) is 0. The Bertz CT molecular complexity index is 1090. The molecule has 0 aliphatic heterocycles. The van der Waals surface area contributed by atoms with Gasteiger partial charge in [0.15, 0.2) is 11.5 Å². The summed E-state index contributed by atoms with van der Waals surface area (Å²) < 4.78 is 27.0. The van der Waals surface area contributed by atoms with E-state index in [9.17, 15) is 24.3 Å². The highest BCUT2D eigenvalue weighted by atomic mass is 16.7. The molecule has 0 amide bonds. The van der Waals surface area contributed by atoms with Gasteiger partial charge in [0.2, 0.25) is 0 Å². The fourth-order valence-electron chi connectivity index (χ4n) is 5.22. The van der Waals surface area contributed by atoms with E-state index in [0.29, 0.717) is 18.4 Å². The summed E-state index contributed by atoms with van der Waals surface area (Å²) in [4.78, 5) is 50.2. The molecular weight excluding hydrogens is 558 g/mol. The van der Waals surface area contributed by atoms with E-state index in [1.165, 1.54) is 18.2 Å². The molecule has 0 heterocycles. The van der Waals surface area contributed by atoms with Crippen molar-refractivity contribution in [2.45, 2.75) is 130 Å². The summed E-state index contributed by atoms with van der Waals surface area (Å²) in [6.45, 7) is 10.6. The monoisotopic (exact) mass is 607 g/mol. The summed E-state index contributed by atoms with van der Waals surface area (Å²) in [5.41, 5.74) is 5.03. The van der Waals surface area contributed by atoms with Gasteiger partial charge in [-0.15, -0.1) is 0 Å². The maximum absolute atomic E-state index is 12.7. The summed E-state index contributed by atoms with van der Waals surface area (Å²) >= 11 is 0. The number of carbonyl (C=O) groups excluding carboxylic acids is 3. The Balaban J connectivity index is 2.29. The van der Waals surface area contributed by atoms with Gasteiger partial charge < -0.3 is 34.5 Å². The molecule has 1 aliphatic carbocycles. The largest absolute Gasteiger partial charge is 0.514 e. The molecule has 0 radical (unpaired) electrons. The molecule has 2 unspecified atom stereocenters. The zero-order chi connectivity index (χ0) is 32.2. The van der Waals surface area contributed by atoms with Crippen LogP contribution in [0.5, 0.6) is 11.5 Å². The van der Waals surface area contributed by atoms with E-state index in [2.05, 4.69) is 0 Å². The minimum absolute atomic E-state index is 0.113. The van der Waals surface area contributed by atoms with Crippen LogP contribution < -0.4 is 15.2 Å². The maximum Gasteiger partial charge on any atom is 0.514 e. The van der Waals surface area contributed by atoms with Crippen molar-refractivity contribution in [3.63, 3.8) is 0 Å². The number of nitrogens with two attached hydrogens (primary N) is 1. The van der Waals surface area contributed by atoms with Crippen LogP contribution in [-0.2, 0) is 30.2 Å². The molecule has 1 fully saturated rings. The molecule has 43 heavy (non-hydrogen) atoms. The fraction of sp³-hybridized carbons (Fsp3) is 0.688. The first-order chi connectivity index (χ1) is 20.3. The third-order valence-corrected chi connectivity index (χ3v) is 8.03. The molecule has 0 saturated heterocycles. The van der Waals surface area contributed by atoms with E-state index in [-0.39, 0.29) is 35.9 Å².